The third-order valence-corrected chi connectivity index (χ3v) is 2.40. The summed E-state index contributed by atoms with van der Waals surface area (Å²) in [4.78, 5) is 12.9. The van der Waals surface area contributed by atoms with Gasteiger partial charge in [-0.1, -0.05) is 0 Å². The third kappa shape index (κ3) is 4.06. The molecule has 0 aromatic rings. The number of morpholine rings is 1. The number of amides is 1. The van der Waals surface area contributed by atoms with Crippen molar-refractivity contribution in [3.63, 3.8) is 0 Å². The van der Waals surface area contributed by atoms with Gasteiger partial charge in [0, 0.05) is 6.54 Å². The van der Waals surface area contributed by atoms with Gasteiger partial charge < -0.3 is 19.5 Å². The van der Waals surface area contributed by atoms with E-state index >= 15 is 0 Å². The van der Waals surface area contributed by atoms with E-state index in [2.05, 4.69) is 0 Å². The maximum Gasteiger partial charge on any atom is 0.410 e. The fraction of sp³-hybridized carbons (Fsp3) is 0.909. The van der Waals surface area contributed by atoms with E-state index in [-0.39, 0.29) is 19.7 Å². The van der Waals surface area contributed by atoms with E-state index in [4.69, 9.17) is 14.6 Å². The van der Waals surface area contributed by atoms with Crippen LogP contribution in [0.25, 0.3) is 0 Å². The molecule has 1 fully saturated rings. The molecular weight excluding hydrogens is 248 g/mol. The average Bonchev–Trinajstić information content (AvgIpc) is 2.27. The highest BCUT2D eigenvalue weighted by Gasteiger charge is 2.44. The van der Waals surface area contributed by atoms with Crippen molar-refractivity contribution in [3.8, 4) is 0 Å². The molecule has 1 aliphatic heterocycles. The Hall–Kier alpha value is -0.950. The summed E-state index contributed by atoms with van der Waals surface area (Å²) in [7, 11) is 0. The van der Waals surface area contributed by atoms with E-state index in [0.29, 0.717) is 0 Å². The molecule has 1 rings (SSSR count). The molecular formula is C11H19F2NO4. The van der Waals surface area contributed by atoms with Crippen molar-refractivity contribution in [2.45, 2.75) is 38.4 Å². The molecule has 106 valence electrons. The van der Waals surface area contributed by atoms with Crippen LogP contribution in [0.3, 0.4) is 0 Å². The van der Waals surface area contributed by atoms with E-state index in [1.165, 1.54) is 4.90 Å². The monoisotopic (exact) mass is 267 g/mol. The highest BCUT2D eigenvalue weighted by atomic mass is 19.3. The highest BCUT2D eigenvalue weighted by molar-refractivity contribution is 5.68. The Morgan fingerprint density at radius 2 is 2.11 bits per heavy atom. The highest BCUT2D eigenvalue weighted by Crippen LogP contribution is 2.24. The Morgan fingerprint density at radius 3 is 2.61 bits per heavy atom. The molecule has 0 radical (unpaired) electrons. The lowest BCUT2D eigenvalue weighted by molar-refractivity contribution is -0.181. The van der Waals surface area contributed by atoms with Crippen molar-refractivity contribution in [2.75, 3.05) is 26.3 Å². The lowest BCUT2D eigenvalue weighted by Gasteiger charge is -2.36. The van der Waals surface area contributed by atoms with E-state index in [9.17, 15) is 13.6 Å². The molecule has 0 aromatic carbocycles. The van der Waals surface area contributed by atoms with Gasteiger partial charge in [-0.15, -0.1) is 0 Å². The second-order valence-electron chi connectivity index (χ2n) is 5.20. The van der Waals surface area contributed by atoms with E-state index in [0.717, 1.165) is 0 Å². The molecule has 1 amide bonds. The number of carbonyl (C=O) groups is 1. The van der Waals surface area contributed by atoms with Gasteiger partial charge in [-0.2, -0.15) is 0 Å². The second-order valence-corrected chi connectivity index (χ2v) is 5.20. The quantitative estimate of drug-likeness (QED) is 0.818. The number of halogens is 2. The first-order valence-electron chi connectivity index (χ1n) is 5.74. The minimum absolute atomic E-state index is 0.000497. The number of rotatable bonds is 2. The number of hydrogen-bond donors (Lipinski definition) is 1. The van der Waals surface area contributed by atoms with Crippen LogP contribution in [0.5, 0.6) is 0 Å². The molecule has 5 nitrogen and oxygen atoms in total. The molecule has 0 saturated carbocycles. The Balaban J connectivity index is 2.61. The Labute approximate surface area is 105 Å². The predicted molar refractivity (Wildman–Crippen MR) is 59.6 cm³/mol. The zero-order valence-corrected chi connectivity index (χ0v) is 10.8. The topological polar surface area (TPSA) is 59.0 Å². The molecule has 0 aliphatic carbocycles. The number of alkyl halides is 2. The maximum atomic E-state index is 13.3. The first kappa shape index (κ1) is 15.1. The Bertz CT molecular complexity index is 304. The van der Waals surface area contributed by atoms with Crippen LogP contribution in [-0.2, 0) is 9.47 Å². The molecule has 1 unspecified atom stereocenters. The van der Waals surface area contributed by atoms with Gasteiger partial charge in [-0.05, 0) is 20.8 Å². The standard InChI is InChI=1S/C11H19F2NO4/c1-10(2,3)18-9(16)14-4-5-17-8(6-14)11(12,13)7-15/h8,15H,4-7H2,1-3H3. The van der Waals surface area contributed by atoms with Crippen LogP contribution in [0.4, 0.5) is 13.6 Å². The number of aliphatic hydroxyl groups is 1. The first-order valence-corrected chi connectivity index (χ1v) is 5.74. The summed E-state index contributed by atoms with van der Waals surface area (Å²) in [6.07, 6.45) is -2.15. The average molecular weight is 267 g/mol. The van der Waals surface area contributed by atoms with Gasteiger partial charge in [0.2, 0.25) is 0 Å². The molecule has 1 saturated heterocycles. The zero-order valence-electron chi connectivity index (χ0n) is 10.8. The Morgan fingerprint density at radius 1 is 1.50 bits per heavy atom. The summed E-state index contributed by atoms with van der Waals surface area (Å²) in [5.41, 5.74) is -0.676. The molecule has 0 bridgehead atoms. The van der Waals surface area contributed by atoms with Gasteiger partial charge in [-0.25, -0.2) is 13.6 Å². The van der Waals surface area contributed by atoms with Crippen molar-refractivity contribution in [1.29, 1.82) is 0 Å². The number of hydrogen-bond acceptors (Lipinski definition) is 4. The predicted octanol–water partition coefficient (Wildman–Crippen LogP) is 1.25. The molecule has 1 heterocycles. The molecule has 0 aromatic heterocycles. The summed E-state index contributed by atoms with van der Waals surface area (Å²) >= 11 is 0. The summed E-state index contributed by atoms with van der Waals surface area (Å²) in [5.74, 6) is -3.36. The van der Waals surface area contributed by atoms with Crippen LogP contribution in [0, 0.1) is 0 Å². The normalized spacial score (nSPS) is 21.9. The van der Waals surface area contributed by atoms with Crippen LogP contribution in [0.2, 0.25) is 0 Å². The van der Waals surface area contributed by atoms with Gasteiger partial charge in [0.15, 0.2) is 0 Å². The smallest absolute Gasteiger partial charge is 0.410 e. The Kier molecular flexibility index (Phi) is 4.50. The van der Waals surface area contributed by atoms with Crippen LogP contribution < -0.4 is 0 Å². The second kappa shape index (κ2) is 5.36. The lowest BCUT2D eigenvalue weighted by Crippen LogP contribution is -2.54. The van der Waals surface area contributed by atoms with Gasteiger partial charge in [0.25, 0.3) is 5.92 Å². The zero-order chi connectivity index (χ0) is 14.0. The van der Waals surface area contributed by atoms with Gasteiger partial charge in [0.1, 0.15) is 18.3 Å². The van der Waals surface area contributed by atoms with Crippen LogP contribution in [-0.4, -0.2) is 60.0 Å². The fourth-order valence-electron chi connectivity index (χ4n) is 1.50. The molecule has 1 N–H and O–H groups in total. The van der Waals surface area contributed by atoms with E-state index < -0.39 is 30.3 Å². The van der Waals surface area contributed by atoms with Crippen molar-refractivity contribution >= 4 is 6.09 Å². The molecule has 0 spiro atoms. The summed E-state index contributed by atoms with van der Waals surface area (Å²) in [6.45, 7) is 3.70. The summed E-state index contributed by atoms with van der Waals surface area (Å²) < 4.78 is 36.5. The van der Waals surface area contributed by atoms with Crippen LogP contribution in [0.15, 0.2) is 0 Å². The minimum Gasteiger partial charge on any atom is -0.444 e. The van der Waals surface area contributed by atoms with Crippen molar-refractivity contribution in [2.24, 2.45) is 0 Å². The summed E-state index contributed by atoms with van der Waals surface area (Å²) in [5, 5.41) is 8.59. The maximum absolute atomic E-state index is 13.3. The molecule has 7 heteroatoms. The first-order chi connectivity index (χ1) is 8.15. The largest absolute Gasteiger partial charge is 0.444 e. The molecule has 18 heavy (non-hydrogen) atoms. The van der Waals surface area contributed by atoms with Crippen molar-refractivity contribution < 1.29 is 28.2 Å². The third-order valence-electron chi connectivity index (χ3n) is 2.40. The van der Waals surface area contributed by atoms with Crippen molar-refractivity contribution in [1.82, 2.24) is 4.90 Å². The SMILES string of the molecule is CC(C)(C)OC(=O)N1CCOC(C(F)(F)CO)C1. The van der Waals surface area contributed by atoms with Gasteiger partial charge in [-0.3, -0.25) is 0 Å². The number of carbonyl (C=O) groups excluding carboxylic acids is 1. The lowest BCUT2D eigenvalue weighted by atomic mass is 10.1. The number of nitrogens with zero attached hydrogens (tertiary/aromatic N) is 1. The van der Waals surface area contributed by atoms with E-state index in [1.807, 2.05) is 0 Å². The fourth-order valence-corrected chi connectivity index (χ4v) is 1.50. The summed E-state index contributed by atoms with van der Waals surface area (Å²) in [6, 6.07) is 0. The van der Waals surface area contributed by atoms with Crippen LogP contribution in [0.1, 0.15) is 20.8 Å². The van der Waals surface area contributed by atoms with Crippen LogP contribution >= 0.6 is 0 Å². The molecule has 1 aliphatic rings. The minimum atomic E-state index is -3.36. The van der Waals surface area contributed by atoms with Gasteiger partial charge in [0.05, 0.1) is 13.2 Å². The number of ether oxygens (including phenoxy) is 2. The van der Waals surface area contributed by atoms with Crippen molar-refractivity contribution in [3.05, 3.63) is 0 Å². The van der Waals surface area contributed by atoms with E-state index in [1.54, 1.807) is 20.8 Å². The number of aliphatic hydroxyl groups excluding tert-OH is 1. The van der Waals surface area contributed by atoms with Gasteiger partial charge >= 0.3 is 6.09 Å². The molecule has 1 atom stereocenters.